The van der Waals surface area contributed by atoms with E-state index in [-0.39, 0.29) is 5.91 Å². The molecular weight excluding hydrogens is 334 g/mol. The summed E-state index contributed by atoms with van der Waals surface area (Å²) in [5, 5.41) is 7.71. The first-order chi connectivity index (χ1) is 13.0. The van der Waals surface area contributed by atoms with Crippen LogP contribution in [0.4, 0.5) is 5.69 Å². The number of carbonyl (C=O) groups is 1. The van der Waals surface area contributed by atoms with Crippen LogP contribution in [0.1, 0.15) is 51.3 Å². The van der Waals surface area contributed by atoms with E-state index in [0.717, 1.165) is 41.2 Å². The number of rotatable bonds is 3. The second kappa shape index (κ2) is 7.03. The minimum Gasteiger partial charge on any atom is -0.319 e. The van der Waals surface area contributed by atoms with Crippen molar-refractivity contribution in [2.45, 2.75) is 46.5 Å². The lowest BCUT2D eigenvalue weighted by Crippen LogP contribution is -2.14. The number of aromatic nitrogens is 2. The number of carbonyl (C=O) groups excluding carboxylic acids is 1. The van der Waals surface area contributed by atoms with Crippen LogP contribution < -0.4 is 5.32 Å². The van der Waals surface area contributed by atoms with Gasteiger partial charge in [-0.1, -0.05) is 23.8 Å². The summed E-state index contributed by atoms with van der Waals surface area (Å²) in [6, 6.07) is 14.3. The van der Waals surface area contributed by atoms with Crippen molar-refractivity contribution in [3.8, 4) is 5.69 Å². The molecule has 0 unspecified atom stereocenters. The summed E-state index contributed by atoms with van der Waals surface area (Å²) in [6.45, 7) is 5.98. The molecule has 4 nitrogen and oxygen atoms in total. The van der Waals surface area contributed by atoms with Gasteiger partial charge in [0, 0.05) is 5.56 Å². The second-order valence-corrected chi connectivity index (χ2v) is 7.44. The van der Waals surface area contributed by atoms with E-state index in [4.69, 9.17) is 0 Å². The molecule has 0 fully saturated rings. The number of benzene rings is 2. The van der Waals surface area contributed by atoms with Gasteiger partial charge in [0.15, 0.2) is 0 Å². The summed E-state index contributed by atoms with van der Waals surface area (Å²) in [7, 11) is 0. The lowest BCUT2D eigenvalue weighted by atomic mass is 9.90. The number of nitrogens with zero attached hydrogens (tertiary/aromatic N) is 2. The maximum absolute atomic E-state index is 12.8. The molecule has 0 aliphatic heterocycles. The van der Waals surface area contributed by atoms with Crippen LogP contribution in [0.2, 0.25) is 0 Å². The van der Waals surface area contributed by atoms with Crippen LogP contribution in [-0.4, -0.2) is 15.7 Å². The maximum Gasteiger partial charge on any atom is 0.255 e. The van der Waals surface area contributed by atoms with Crippen molar-refractivity contribution in [1.82, 2.24) is 9.78 Å². The molecule has 3 aromatic rings. The molecule has 0 spiro atoms. The first-order valence-electron chi connectivity index (χ1n) is 9.59. The summed E-state index contributed by atoms with van der Waals surface area (Å²) in [5.74, 6) is -0.0713. The van der Waals surface area contributed by atoms with Crippen LogP contribution in [0.15, 0.2) is 42.5 Å². The van der Waals surface area contributed by atoms with Gasteiger partial charge in [0.25, 0.3) is 5.91 Å². The third-order valence-corrected chi connectivity index (χ3v) is 5.42. The van der Waals surface area contributed by atoms with Crippen molar-refractivity contribution in [3.05, 3.63) is 76.1 Å². The summed E-state index contributed by atoms with van der Waals surface area (Å²) in [6.07, 6.45) is 4.65. The first-order valence-corrected chi connectivity index (χ1v) is 9.59. The van der Waals surface area contributed by atoms with E-state index in [0.29, 0.717) is 0 Å². The number of hydrogen-bond donors (Lipinski definition) is 1. The molecule has 4 heteroatoms. The quantitative estimate of drug-likeness (QED) is 0.721. The van der Waals surface area contributed by atoms with E-state index < -0.39 is 0 Å². The van der Waals surface area contributed by atoms with Gasteiger partial charge < -0.3 is 5.32 Å². The Hall–Kier alpha value is -2.88. The molecule has 0 saturated carbocycles. The van der Waals surface area contributed by atoms with Gasteiger partial charge in [-0.2, -0.15) is 5.10 Å². The van der Waals surface area contributed by atoms with Crippen LogP contribution in [0, 0.1) is 20.8 Å². The fourth-order valence-corrected chi connectivity index (χ4v) is 3.82. The van der Waals surface area contributed by atoms with Gasteiger partial charge >= 0.3 is 0 Å². The van der Waals surface area contributed by atoms with Gasteiger partial charge in [0.05, 0.1) is 22.8 Å². The van der Waals surface area contributed by atoms with Crippen molar-refractivity contribution >= 4 is 11.6 Å². The van der Waals surface area contributed by atoms with E-state index >= 15 is 0 Å². The fourth-order valence-electron chi connectivity index (χ4n) is 3.82. The molecule has 2 aromatic carbocycles. The van der Waals surface area contributed by atoms with E-state index in [1.54, 1.807) is 0 Å². The van der Waals surface area contributed by atoms with E-state index in [9.17, 15) is 4.79 Å². The van der Waals surface area contributed by atoms with Gasteiger partial charge in [0.2, 0.25) is 0 Å². The largest absolute Gasteiger partial charge is 0.319 e. The van der Waals surface area contributed by atoms with Crippen LogP contribution in [-0.2, 0) is 12.8 Å². The van der Waals surface area contributed by atoms with Crippen LogP contribution >= 0.6 is 0 Å². The molecule has 1 aromatic heterocycles. The van der Waals surface area contributed by atoms with Gasteiger partial charge in [0.1, 0.15) is 0 Å². The Kier molecular flexibility index (Phi) is 4.56. The number of aryl methyl sites for hydroxylation is 4. The third kappa shape index (κ3) is 3.39. The highest BCUT2D eigenvalue weighted by atomic mass is 16.1. The highest BCUT2D eigenvalue weighted by Crippen LogP contribution is 2.25. The minimum absolute atomic E-state index is 0.0713. The highest BCUT2D eigenvalue weighted by Gasteiger charge is 2.18. The number of fused-ring (bicyclic) bond motifs is 1. The van der Waals surface area contributed by atoms with Gasteiger partial charge in [-0.3, -0.25) is 4.79 Å². The van der Waals surface area contributed by atoms with Gasteiger partial charge in [-0.15, -0.1) is 0 Å². The van der Waals surface area contributed by atoms with Crippen molar-refractivity contribution < 1.29 is 4.79 Å². The Morgan fingerprint density at radius 1 is 0.963 bits per heavy atom. The topological polar surface area (TPSA) is 46.9 Å². The second-order valence-electron chi connectivity index (χ2n) is 7.44. The number of hydrogen-bond acceptors (Lipinski definition) is 2. The molecule has 1 heterocycles. The predicted molar refractivity (Wildman–Crippen MR) is 109 cm³/mol. The SMILES string of the molecule is Cc1ccc(-n2nc(C)c(NC(=O)c3ccc4c(c3)CCCC4)c2C)cc1. The molecule has 27 heavy (non-hydrogen) atoms. The van der Waals surface area contributed by atoms with Gasteiger partial charge in [-0.25, -0.2) is 4.68 Å². The molecule has 0 atom stereocenters. The van der Waals surface area contributed by atoms with E-state index in [1.165, 1.54) is 29.5 Å². The summed E-state index contributed by atoms with van der Waals surface area (Å²) in [5.41, 5.74) is 8.17. The lowest BCUT2D eigenvalue weighted by Gasteiger charge is -2.16. The first kappa shape index (κ1) is 17.5. The van der Waals surface area contributed by atoms with Crippen LogP contribution in [0.5, 0.6) is 0 Å². The summed E-state index contributed by atoms with van der Waals surface area (Å²) >= 11 is 0. The maximum atomic E-state index is 12.8. The fraction of sp³-hybridized carbons (Fsp3) is 0.304. The molecule has 1 aliphatic carbocycles. The Balaban J connectivity index is 1.61. The molecule has 1 amide bonds. The molecule has 1 N–H and O–H groups in total. The summed E-state index contributed by atoms with van der Waals surface area (Å²) in [4.78, 5) is 12.8. The number of anilines is 1. The zero-order valence-corrected chi connectivity index (χ0v) is 16.2. The average Bonchev–Trinajstić information content (AvgIpc) is 2.96. The normalized spacial score (nSPS) is 13.3. The predicted octanol–water partition coefficient (Wildman–Crippen LogP) is 4.93. The van der Waals surface area contributed by atoms with Gasteiger partial charge in [-0.05, 0) is 81.8 Å². The Labute approximate surface area is 160 Å². The van der Waals surface area contributed by atoms with Crippen LogP contribution in [0.3, 0.4) is 0 Å². The molecule has 0 bridgehead atoms. The van der Waals surface area contributed by atoms with Crippen LogP contribution in [0.25, 0.3) is 5.69 Å². The monoisotopic (exact) mass is 359 g/mol. The Bertz CT molecular complexity index is 999. The van der Waals surface area contributed by atoms with Crippen molar-refractivity contribution in [2.75, 3.05) is 5.32 Å². The standard InChI is InChI=1S/C23H25N3O/c1-15-8-12-21(13-9-15)26-17(3)22(16(2)25-26)24-23(27)20-11-10-18-6-4-5-7-19(18)14-20/h8-14H,4-7H2,1-3H3,(H,24,27). The molecule has 1 aliphatic rings. The highest BCUT2D eigenvalue weighted by molar-refractivity contribution is 6.05. The molecule has 4 rings (SSSR count). The Morgan fingerprint density at radius 3 is 2.41 bits per heavy atom. The van der Waals surface area contributed by atoms with E-state index in [1.807, 2.05) is 36.7 Å². The van der Waals surface area contributed by atoms with Crippen molar-refractivity contribution in [2.24, 2.45) is 0 Å². The Morgan fingerprint density at radius 2 is 1.67 bits per heavy atom. The van der Waals surface area contributed by atoms with E-state index in [2.05, 4.69) is 41.6 Å². The molecule has 138 valence electrons. The number of amides is 1. The molecule has 0 saturated heterocycles. The molecular formula is C23H25N3O. The average molecular weight is 359 g/mol. The third-order valence-electron chi connectivity index (χ3n) is 5.42. The minimum atomic E-state index is -0.0713. The van der Waals surface area contributed by atoms with Crippen molar-refractivity contribution in [3.63, 3.8) is 0 Å². The molecule has 0 radical (unpaired) electrons. The number of nitrogens with one attached hydrogen (secondary N) is 1. The summed E-state index contributed by atoms with van der Waals surface area (Å²) < 4.78 is 1.89. The van der Waals surface area contributed by atoms with Crippen molar-refractivity contribution in [1.29, 1.82) is 0 Å². The zero-order chi connectivity index (χ0) is 19.0. The zero-order valence-electron chi connectivity index (χ0n) is 16.2. The lowest BCUT2D eigenvalue weighted by molar-refractivity contribution is 0.102. The smallest absolute Gasteiger partial charge is 0.255 e.